The largest absolute Gasteiger partial charge is 0.482 e. The first-order valence-corrected chi connectivity index (χ1v) is 6.60. The van der Waals surface area contributed by atoms with Crippen molar-refractivity contribution in [2.75, 3.05) is 13.2 Å². The van der Waals surface area contributed by atoms with Gasteiger partial charge in [-0.15, -0.1) is 12.4 Å². The number of carbonyl (C=O) groups is 1. The third-order valence-corrected chi connectivity index (χ3v) is 3.03. The molecule has 4 nitrogen and oxygen atoms in total. The molecular weight excluding hydrogens is 355 g/mol. The van der Waals surface area contributed by atoms with Crippen molar-refractivity contribution in [3.8, 4) is 5.75 Å². The minimum atomic E-state index is -0.441. The molecule has 1 aromatic rings. The van der Waals surface area contributed by atoms with E-state index in [-0.39, 0.29) is 24.9 Å². The Kier molecular flexibility index (Phi) is 7.74. The van der Waals surface area contributed by atoms with Gasteiger partial charge in [-0.2, -0.15) is 0 Å². The van der Waals surface area contributed by atoms with E-state index in [1.54, 1.807) is 18.2 Å². The van der Waals surface area contributed by atoms with Crippen LogP contribution in [-0.4, -0.2) is 24.6 Å². The molecule has 0 atom stereocenters. The molecule has 0 spiro atoms. The maximum atomic E-state index is 11.6. The number of halogens is 3. The van der Waals surface area contributed by atoms with E-state index in [0.29, 0.717) is 17.3 Å². The van der Waals surface area contributed by atoms with Crippen LogP contribution in [0.4, 0.5) is 0 Å². The van der Waals surface area contributed by atoms with Gasteiger partial charge in [-0.3, -0.25) is 4.79 Å². The molecule has 0 aliphatic rings. The molecule has 0 fully saturated rings. The number of hydrogen-bond donors (Lipinski definition) is 2. The fraction of sp³-hybridized carbons (Fsp3) is 0.417. The van der Waals surface area contributed by atoms with Gasteiger partial charge in [-0.05, 0) is 32.0 Å². The van der Waals surface area contributed by atoms with Gasteiger partial charge in [0.05, 0.1) is 5.02 Å². The van der Waals surface area contributed by atoms with Crippen LogP contribution in [0.5, 0.6) is 5.75 Å². The zero-order chi connectivity index (χ0) is 13.8. The molecule has 0 aliphatic heterocycles. The molecule has 0 unspecified atom stereocenters. The Morgan fingerprint density at radius 2 is 2.16 bits per heavy atom. The monoisotopic (exact) mass is 370 g/mol. The van der Waals surface area contributed by atoms with Gasteiger partial charge in [-0.1, -0.05) is 27.5 Å². The van der Waals surface area contributed by atoms with Gasteiger partial charge >= 0.3 is 0 Å². The minimum absolute atomic E-state index is 0. The lowest BCUT2D eigenvalue weighted by Gasteiger charge is -2.24. The highest BCUT2D eigenvalue weighted by Gasteiger charge is 2.18. The van der Waals surface area contributed by atoms with Gasteiger partial charge in [0.1, 0.15) is 5.75 Å². The molecule has 1 rings (SSSR count). The SMILES string of the molecule is CC(C)(CN)NC(=O)COc1ccc(Br)cc1Cl.Cl. The Morgan fingerprint density at radius 1 is 1.53 bits per heavy atom. The van der Waals surface area contributed by atoms with E-state index in [1.165, 1.54) is 0 Å². The summed E-state index contributed by atoms with van der Waals surface area (Å²) in [6.45, 7) is 3.96. The summed E-state index contributed by atoms with van der Waals surface area (Å²) < 4.78 is 6.19. The predicted molar refractivity (Wildman–Crippen MR) is 83.2 cm³/mol. The Hall–Kier alpha value is -0.490. The van der Waals surface area contributed by atoms with E-state index in [9.17, 15) is 4.79 Å². The fourth-order valence-electron chi connectivity index (χ4n) is 1.20. The second-order valence-corrected chi connectivity index (χ2v) is 5.82. The molecule has 0 saturated heterocycles. The van der Waals surface area contributed by atoms with Crippen molar-refractivity contribution in [2.24, 2.45) is 5.73 Å². The van der Waals surface area contributed by atoms with Crippen LogP contribution >= 0.6 is 39.9 Å². The second kappa shape index (κ2) is 7.94. The minimum Gasteiger partial charge on any atom is -0.482 e. The van der Waals surface area contributed by atoms with Crippen molar-refractivity contribution in [1.29, 1.82) is 0 Å². The fourth-order valence-corrected chi connectivity index (χ4v) is 1.93. The van der Waals surface area contributed by atoms with Gasteiger partial charge in [-0.25, -0.2) is 0 Å². The van der Waals surface area contributed by atoms with Crippen LogP contribution in [0.15, 0.2) is 22.7 Å². The first-order chi connectivity index (χ1) is 8.34. The summed E-state index contributed by atoms with van der Waals surface area (Å²) in [5.41, 5.74) is 5.08. The lowest BCUT2D eigenvalue weighted by Crippen LogP contribution is -2.50. The molecule has 0 aromatic heterocycles. The summed E-state index contributed by atoms with van der Waals surface area (Å²) in [7, 11) is 0. The van der Waals surface area contributed by atoms with Crippen molar-refractivity contribution >= 4 is 45.8 Å². The van der Waals surface area contributed by atoms with E-state index < -0.39 is 5.54 Å². The molecule has 0 aliphatic carbocycles. The highest BCUT2D eigenvalue weighted by atomic mass is 79.9. The zero-order valence-corrected chi connectivity index (χ0v) is 13.9. The third kappa shape index (κ3) is 6.47. The van der Waals surface area contributed by atoms with E-state index in [0.717, 1.165) is 4.47 Å². The highest BCUT2D eigenvalue weighted by molar-refractivity contribution is 9.10. The molecular formula is C12H17BrCl2N2O2. The molecule has 0 heterocycles. The van der Waals surface area contributed by atoms with Gasteiger partial charge in [0.25, 0.3) is 5.91 Å². The third-order valence-electron chi connectivity index (χ3n) is 2.24. The van der Waals surface area contributed by atoms with Gasteiger partial charge < -0.3 is 15.8 Å². The van der Waals surface area contributed by atoms with Crippen LogP contribution < -0.4 is 15.8 Å². The Morgan fingerprint density at radius 3 is 2.68 bits per heavy atom. The molecule has 3 N–H and O–H groups in total. The van der Waals surface area contributed by atoms with Crippen molar-refractivity contribution in [1.82, 2.24) is 5.32 Å². The Bertz CT molecular complexity index is 442. The molecule has 19 heavy (non-hydrogen) atoms. The summed E-state index contributed by atoms with van der Waals surface area (Å²) in [5.74, 6) is 0.241. The van der Waals surface area contributed by atoms with Crippen molar-refractivity contribution in [3.63, 3.8) is 0 Å². The lowest BCUT2D eigenvalue weighted by atomic mass is 10.1. The maximum Gasteiger partial charge on any atom is 0.258 e. The smallest absolute Gasteiger partial charge is 0.258 e. The summed E-state index contributed by atoms with van der Waals surface area (Å²) >= 11 is 9.26. The molecule has 1 aromatic carbocycles. The van der Waals surface area contributed by atoms with Crippen molar-refractivity contribution in [2.45, 2.75) is 19.4 Å². The van der Waals surface area contributed by atoms with Gasteiger partial charge in [0.2, 0.25) is 0 Å². The van der Waals surface area contributed by atoms with Gasteiger partial charge in [0.15, 0.2) is 6.61 Å². The number of carbonyl (C=O) groups excluding carboxylic acids is 1. The predicted octanol–water partition coefficient (Wildman–Crippen LogP) is 2.76. The summed E-state index contributed by atoms with van der Waals surface area (Å²) in [5, 5.41) is 3.22. The van der Waals surface area contributed by atoms with Crippen LogP contribution in [0.1, 0.15) is 13.8 Å². The van der Waals surface area contributed by atoms with E-state index >= 15 is 0 Å². The quantitative estimate of drug-likeness (QED) is 0.836. The van der Waals surface area contributed by atoms with Crippen molar-refractivity contribution in [3.05, 3.63) is 27.7 Å². The van der Waals surface area contributed by atoms with Crippen LogP contribution in [0, 0.1) is 0 Å². The summed E-state index contributed by atoms with van der Waals surface area (Å²) in [6.07, 6.45) is 0. The van der Waals surface area contributed by atoms with Crippen LogP contribution in [0.2, 0.25) is 5.02 Å². The van der Waals surface area contributed by atoms with E-state index in [2.05, 4.69) is 21.2 Å². The second-order valence-electron chi connectivity index (χ2n) is 4.50. The van der Waals surface area contributed by atoms with Crippen LogP contribution in [0.3, 0.4) is 0 Å². The average molecular weight is 372 g/mol. The summed E-state index contributed by atoms with van der Waals surface area (Å²) in [4.78, 5) is 11.6. The number of benzene rings is 1. The standard InChI is InChI=1S/C12H16BrClN2O2.ClH/c1-12(2,7-15)16-11(17)6-18-10-4-3-8(13)5-9(10)14;/h3-5H,6-7,15H2,1-2H3,(H,16,17);1H. The average Bonchev–Trinajstić information content (AvgIpc) is 2.27. The highest BCUT2D eigenvalue weighted by Crippen LogP contribution is 2.27. The van der Waals surface area contributed by atoms with E-state index in [4.69, 9.17) is 22.1 Å². The molecule has 0 radical (unpaired) electrons. The first-order valence-electron chi connectivity index (χ1n) is 5.43. The van der Waals surface area contributed by atoms with Gasteiger partial charge in [0, 0.05) is 16.6 Å². The molecule has 7 heteroatoms. The number of rotatable bonds is 5. The maximum absolute atomic E-state index is 11.6. The van der Waals surface area contributed by atoms with Crippen molar-refractivity contribution < 1.29 is 9.53 Å². The molecule has 108 valence electrons. The van der Waals surface area contributed by atoms with E-state index in [1.807, 2.05) is 13.8 Å². The van der Waals surface area contributed by atoms with Crippen LogP contribution in [0.25, 0.3) is 0 Å². The number of nitrogens with two attached hydrogens (primary N) is 1. The number of nitrogens with one attached hydrogen (secondary N) is 1. The molecule has 1 amide bonds. The normalized spacial score (nSPS) is 10.6. The van der Waals surface area contributed by atoms with Crippen LogP contribution in [-0.2, 0) is 4.79 Å². The zero-order valence-electron chi connectivity index (χ0n) is 10.7. The molecule has 0 saturated carbocycles. The Balaban J connectivity index is 0.00000324. The number of hydrogen-bond acceptors (Lipinski definition) is 3. The number of amides is 1. The first kappa shape index (κ1) is 18.5. The Labute approximate surface area is 132 Å². The topological polar surface area (TPSA) is 64.3 Å². The molecule has 0 bridgehead atoms. The number of ether oxygens (including phenoxy) is 1. The lowest BCUT2D eigenvalue weighted by molar-refractivity contribution is -0.124. The summed E-state index contributed by atoms with van der Waals surface area (Å²) in [6, 6.07) is 5.20.